The van der Waals surface area contributed by atoms with E-state index in [0.29, 0.717) is 5.92 Å². The van der Waals surface area contributed by atoms with E-state index in [2.05, 4.69) is 18.8 Å². The van der Waals surface area contributed by atoms with Crippen LogP contribution in [-0.2, 0) is 6.42 Å². The average molecular weight is 249 g/mol. The van der Waals surface area contributed by atoms with Crippen LogP contribution >= 0.6 is 11.6 Å². The molecule has 1 aromatic carbocycles. The van der Waals surface area contributed by atoms with E-state index in [1.807, 2.05) is 24.3 Å². The Bertz CT molecular complexity index is 523. The van der Waals surface area contributed by atoms with Crippen LogP contribution in [0.4, 0.5) is 0 Å². The van der Waals surface area contributed by atoms with Gasteiger partial charge in [0.2, 0.25) is 0 Å². The van der Waals surface area contributed by atoms with Gasteiger partial charge in [-0.05, 0) is 36.1 Å². The molecule has 0 spiro atoms. The Balaban J connectivity index is 2.45. The SMILES string of the molecule is CC(C)C(N)Cc1ccc(Cl)c2cccnc12. The lowest BCUT2D eigenvalue weighted by Gasteiger charge is -2.16. The third-order valence-corrected chi connectivity index (χ3v) is 3.44. The fourth-order valence-electron chi connectivity index (χ4n) is 1.85. The summed E-state index contributed by atoms with van der Waals surface area (Å²) in [7, 11) is 0. The molecule has 1 unspecified atom stereocenters. The quantitative estimate of drug-likeness (QED) is 0.904. The van der Waals surface area contributed by atoms with Gasteiger partial charge in [0.25, 0.3) is 0 Å². The number of nitrogens with zero attached hydrogens (tertiary/aromatic N) is 1. The highest BCUT2D eigenvalue weighted by Gasteiger charge is 2.12. The molecule has 3 heteroatoms. The van der Waals surface area contributed by atoms with Gasteiger partial charge in [0.1, 0.15) is 0 Å². The molecule has 1 aromatic heterocycles. The van der Waals surface area contributed by atoms with Gasteiger partial charge < -0.3 is 5.73 Å². The summed E-state index contributed by atoms with van der Waals surface area (Å²) in [5, 5.41) is 1.75. The van der Waals surface area contributed by atoms with E-state index >= 15 is 0 Å². The van der Waals surface area contributed by atoms with Crippen LogP contribution in [0.5, 0.6) is 0 Å². The Kier molecular flexibility index (Phi) is 3.65. The molecule has 2 nitrogen and oxygen atoms in total. The van der Waals surface area contributed by atoms with Crippen LogP contribution in [0, 0.1) is 5.92 Å². The largest absolute Gasteiger partial charge is 0.327 e. The van der Waals surface area contributed by atoms with Crippen LogP contribution in [0.25, 0.3) is 10.9 Å². The first-order chi connectivity index (χ1) is 8.09. The van der Waals surface area contributed by atoms with Gasteiger partial charge in [-0.25, -0.2) is 0 Å². The first-order valence-corrected chi connectivity index (χ1v) is 6.25. The van der Waals surface area contributed by atoms with Crippen molar-refractivity contribution in [2.24, 2.45) is 11.7 Å². The third kappa shape index (κ3) is 2.59. The molecule has 0 aliphatic carbocycles. The van der Waals surface area contributed by atoms with Gasteiger partial charge in [0.15, 0.2) is 0 Å². The number of hydrogen-bond donors (Lipinski definition) is 1. The lowest BCUT2D eigenvalue weighted by atomic mass is 9.96. The molecule has 0 amide bonds. The van der Waals surface area contributed by atoms with Crippen molar-refractivity contribution >= 4 is 22.5 Å². The van der Waals surface area contributed by atoms with Gasteiger partial charge in [-0.1, -0.05) is 31.5 Å². The number of fused-ring (bicyclic) bond motifs is 1. The molecule has 0 saturated carbocycles. The molecule has 2 rings (SSSR count). The second-order valence-electron chi connectivity index (χ2n) is 4.72. The molecule has 1 heterocycles. The maximum Gasteiger partial charge on any atom is 0.0749 e. The summed E-state index contributed by atoms with van der Waals surface area (Å²) >= 11 is 6.16. The molecular formula is C14H17ClN2. The van der Waals surface area contributed by atoms with Crippen molar-refractivity contribution in [1.82, 2.24) is 4.98 Å². The van der Waals surface area contributed by atoms with Crippen LogP contribution in [-0.4, -0.2) is 11.0 Å². The summed E-state index contributed by atoms with van der Waals surface area (Å²) in [5.41, 5.74) is 8.26. The fraction of sp³-hybridized carbons (Fsp3) is 0.357. The van der Waals surface area contributed by atoms with E-state index in [4.69, 9.17) is 17.3 Å². The number of pyridine rings is 1. The molecular weight excluding hydrogens is 232 g/mol. The molecule has 0 saturated heterocycles. The highest BCUT2D eigenvalue weighted by atomic mass is 35.5. The molecule has 1 atom stereocenters. The minimum absolute atomic E-state index is 0.154. The van der Waals surface area contributed by atoms with Gasteiger partial charge in [0, 0.05) is 22.6 Å². The Labute approximate surface area is 107 Å². The lowest BCUT2D eigenvalue weighted by Crippen LogP contribution is -2.28. The van der Waals surface area contributed by atoms with Gasteiger partial charge in [-0.2, -0.15) is 0 Å². The Morgan fingerprint density at radius 3 is 2.76 bits per heavy atom. The third-order valence-electron chi connectivity index (χ3n) is 3.11. The summed E-state index contributed by atoms with van der Waals surface area (Å²) in [6.45, 7) is 4.27. The van der Waals surface area contributed by atoms with Gasteiger partial charge in [-0.15, -0.1) is 0 Å². The van der Waals surface area contributed by atoms with Gasteiger partial charge >= 0.3 is 0 Å². The number of nitrogens with two attached hydrogens (primary N) is 1. The zero-order valence-corrected chi connectivity index (χ0v) is 10.9. The second kappa shape index (κ2) is 5.03. The van der Waals surface area contributed by atoms with Crippen LogP contribution in [0.1, 0.15) is 19.4 Å². The van der Waals surface area contributed by atoms with Crippen molar-refractivity contribution in [3.63, 3.8) is 0 Å². The standard InChI is InChI=1S/C14H17ClN2/c1-9(2)13(16)8-10-5-6-12(15)11-4-3-7-17-14(10)11/h3-7,9,13H,8,16H2,1-2H3. The van der Waals surface area contributed by atoms with Crippen molar-refractivity contribution in [3.05, 3.63) is 41.0 Å². The number of halogens is 1. The summed E-state index contributed by atoms with van der Waals surface area (Å²) in [5.74, 6) is 0.462. The Morgan fingerprint density at radius 1 is 1.29 bits per heavy atom. The number of hydrogen-bond acceptors (Lipinski definition) is 2. The topological polar surface area (TPSA) is 38.9 Å². The summed E-state index contributed by atoms with van der Waals surface area (Å²) < 4.78 is 0. The van der Waals surface area contributed by atoms with Crippen molar-refractivity contribution in [2.75, 3.05) is 0 Å². The number of aromatic nitrogens is 1. The maximum absolute atomic E-state index is 6.16. The second-order valence-corrected chi connectivity index (χ2v) is 5.13. The fourth-order valence-corrected chi connectivity index (χ4v) is 2.07. The van der Waals surface area contributed by atoms with Crippen molar-refractivity contribution in [2.45, 2.75) is 26.3 Å². The maximum atomic E-state index is 6.16. The molecule has 2 N–H and O–H groups in total. The molecule has 0 bridgehead atoms. The monoisotopic (exact) mass is 248 g/mol. The van der Waals surface area contributed by atoms with Gasteiger partial charge in [0.05, 0.1) is 5.52 Å². The highest BCUT2D eigenvalue weighted by Crippen LogP contribution is 2.25. The molecule has 0 radical (unpaired) electrons. The molecule has 0 aliphatic rings. The van der Waals surface area contributed by atoms with E-state index in [1.165, 1.54) is 5.56 Å². The van der Waals surface area contributed by atoms with Crippen molar-refractivity contribution < 1.29 is 0 Å². The van der Waals surface area contributed by atoms with E-state index in [1.54, 1.807) is 6.20 Å². The summed E-state index contributed by atoms with van der Waals surface area (Å²) in [6.07, 6.45) is 2.63. The van der Waals surface area contributed by atoms with E-state index < -0.39 is 0 Å². The van der Waals surface area contributed by atoms with Crippen molar-refractivity contribution in [3.8, 4) is 0 Å². The van der Waals surface area contributed by atoms with Gasteiger partial charge in [-0.3, -0.25) is 4.98 Å². The minimum atomic E-state index is 0.154. The van der Waals surface area contributed by atoms with E-state index in [9.17, 15) is 0 Å². The van der Waals surface area contributed by atoms with E-state index in [0.717, 1.165) is 22.3 Å². The molecule has 0 aliphatic heterocycles. The van der Waals surface area contributed by atoms with E-state index in [-0.39, 0.29) is 6.04 Å². The lowest BCUT2D eigenvalue weighted by molar-refractivity contribution is 0.491. The summed E-state index contributed by atoms with van der Waals surface area (Å²) in [4.78, 5) is 4.41. The van der Waals surface area contributed by atoms with Crippen molar-refractivity contribution in [1.29, 1.82) is 0 Å². The number of rotatable bonds is 3. The Hall–Kier alpha value is -1.12. The Morgan fingerprint density at radius 2 is 2.06 bits per heavy atom. The normalized spacial score (nSPS) is 13.2. The minimum Gasteiger partial charge on any atom is -0.327 e. The molecule has 2 aromatic rings. The zero-order valence-electron chi connectivity index (χ0n) is 10.2. The first-order valence-electron chi connectivity index (χ1n) is 5.87. The average Bonchev–Trinajstić information content (AvgIpc) is 2.33. The molecule has 17 heavy (non-hydrogen) atoms. The zero-order chi connectivity index (χ0) is 12.4. The summed E-state index contributed by atoms with van der Waals surface area (Å²) in [6, 6.07) is 8.00. The predicted octanol–water partition coefficient (Wildman–Crippen LogP) is 3.41. The first kappa shape index (κ1) is 12.3. The van der Waals surface area contributed by atoms with Crippen LogP contribution < -0.4 is 5.73 Å². The number of benzene rings is 1. The van der Waals surface area contributed by atoms with Crippen LogP contribution in [0.3, 0.4) is 0 Å². The molecule has 0 fully saturated rings. The predicted molar refractivity (Wildman–Crippen MR) is 73.3 cm³/mol. The highest BCUT2D eigenvalue weighted by molar-refractivity contribution is 6.35. The van der Waals surface area contributed by atoms with Crippen LogP contribution in [0.2, 0.25) is 5.02 Å². The molecule has 90 valence electrons. The smallest absolute Gasteiger partial charge is 0.0749 e. The van der Waals surface area contributed by atoms with Crippen LogP contribution in [0.15, 0.2) is 30.5 Å².